The Hall–Kier alpha value is -3.14. The van der Waals surface area contributed by atoms with Crippen molar-refractivity contribution in [3.63, 3.8) is 0 Å². The average molecular weight is 387 g/mol. The van der Waals surface area contributed by atoms with Gasteiger partial charge in [0.1, 0.15) is 5.75 Å². The van der Waals surface area contributed by atoms with E-state index in [1.165, 1.54) is 35.3 Å². The van der Waals surface area contributed by atoms with Crippen LogP contribution in [0.5, 0.6) is 11.6 Å². The summed E-state index contributed by atoms with van der Waals surface area (Å²) in [6, 6.07) is 7.09. The van der Waals surface area contributed by atoms with E-state index in [9.17, 15) is 9.59 Å². The van der Waals surface area contributed by atoms with Crippen molar-refractivity contribution in [3.8, 4) is 11.6 Å². The lowest BCUT2D eigenvalue weighted by Gasteiger charge is -2.16. The Morgan fingerprint density at radius 2 is 2.11 bits per heavy atom. The molecule has 2 aromatic rings. The smallest absolute Gasteiger partial charge is 0.278 e. The maximum absolute atomic E-state index is 12.2. The van der Waals surface area contributed by atoms with Crippen LogP contribution in [0.3, 0.4) is 0 Å². The number of rotatable bonds is 7. The summed E-state index contributed by atoms with van der Waals surface area (Å²) in [5.74, 6) is 0.612. The topological polar surface area (TPSA) is 106 Å². The van der Waals surface area contributed by atoms with Gasteiger partial charge in [0.25, 0.3) is 5.91 Å². The summed E-state index contributed by atoms with van der Waals surface area (Å²) in [5.41, 5.74) is 3.03. The third kappa shape index (κ3) is 4.94. The van der Waals surface area contributed by atoms with E-state index in [4.69, 9.17) is 9.47 Å². The molecule has 1 aliphatic rings. The maximum atomic E-state index is 12.2. The van der Waals surface area contributed by atoms with Gasteiger partial charge in [0.05, 0.1) is 24.2 Å². The highest BCUT2D eigenvalue weighted by Gasteiger charge is 2.30. The molecule has 1 N–H and O–H groups in total. The number of hydrogen-bond donors (Lipinski definition) is 1. The SMILES string of the molecule is CCOc1ccc(N2C(=O)CS/C2=N/NC(=O)COc2cnccn2)cc1. The number of carbonyl (C=O) groups is 2. The van der Waals surface area contributed by atoms with Gasteiger partial charge in [0, 0.05) is 12.4 Å². The Morgan fingerprint density at radius 3 is 2.81 bits per heavy atom. The summed E-state index contributed by atoms with van der Waals surface area (Å²) in [5, 5.41) is 4.43. The number of hydrazone groups is 1. The van der Waals surface area contributed by atoms with E-state index in [-0.39, 0.29) is 24.1 Å². The molecule has 10 heteroatoms. The molecule has 0 saturated carbocycles. The Kier molecular flexibility index (Phi) is 6.21. The molecule has 1 aliphatic heterocycles. The van der Waals surface area contributed by atoms with Crippen LogP contribution in [0.15, 0.2) is 48.0 Å². The zero-order valence-corrected chi connectivity index (χ0v) is 15.3. The van der Waals surface area contributed by atoms with Crippen molar-refractivity contribution in [1.29, 1.82) is 0 Å². The van der Waals surface area contributed by atoms with Crippen molar-refractivity contribution in [2.75, 3.05) is 23.9 Å². The summed E-state index contributed by atoms with van der Waals surface area (Å²) >= 11 is 1.24. The third-order valence-corrected chi connectivity index (χ3v) is 4.26. The highest BCUT2D eigenvalue weighted by Crippen LogP contribution is 2.28. The molecule has 3 rings (SSSR count). The number of amides is 2. The lowest BCUT2D eigenvalue weighted by atomic mass is 10.3. The summed E-state index contributed by atoms with van der Waals surface area (Å²) < 4.78 is 10.6. The van der Waals surface area contributed by atoms with Gasteiger partial charge < -0.3 is 9.47 Å². The normalized spacial score (nSPS) is 15.1. The van der Waals surface area contributed by atoms with Crippen LogP contribution < -0.4 is 19.8 Å². The Morgan fingerprint density at radius 1 is 1.30 bits per heavy atom. The number of ether oxygens (including phenoxy) is 2. The molecule has 140 valence electrons. The highest BCUT2D eigenvalue weighted by molar-refractivity contribution is 8.15. The van der Waals surface area contributed by atoms with Gasteiger partial charge in [-0.15, -0.1) is 5.10 Å². The molecule has 2 amide bonds. The Bertz CT molecular complexity index is 829. The van der Waals surface area contributed by atoms with E-state index < -0.39 is 5.91 Å². The van der Waals surface area contributed by atoms with Crippen molar-refractivity contribution in [3.05, 3.63) is 42.9 Å². The van der Waals surface area contributed by atoms with Crippen LogP contribution in [0.4, 0.5) is 5.69 Å². The largest absolute Gasteiger partial charge is 0.494 e. The zero-order chi connectivity index (χ0) is 19.1. The molecule has 1 aromatic carbocycles. The second-order valence-corrected chi connectivity index (χ2v) is 6.15. The van der Waals surface area contributed by atoms with Gasteiger partial charge in [-0.2, -0.15) is 0 Å². The van der Waals surface area contributed by atoms with E-state index >= 15 is 0 Å². The lowest BCUT2D eigenvalue weighted by Crippen LogP contribution is -2.32. The van der Waals surface area contributed by atoms with Gasteiger partial charge in [-0.25, -0.2) is 10.4 Å². The summed E-state index contributed by atoms with van der Waals surface area (Å²) in [4.78, 5) is 33.3. The molecule has 0 aliphatic carbocycles. The van der Waals surface area contributed by atoms with E-state index in [1.807, 2.05) is 6.92 Å². The number of thioether (sulfide) groups is 1. The fourth-order valence-electron chi connectivity index (χ4n) is 2.20. The van der Waals surface area contributed by atoms with E-state index in [0.717, 1.165) is 0 Å². The molecular weight excluding hydrogens is 370 g/mol. The van der Waals surface area contributed by atoms with Gasteiger partial charge in [0.15, 0.2) is 11.8 Å². The molecule has 9 nitrogen and oxygen atoms in total. The van der Waals surface area contributed by atoms with Crippen molar-refractivity contribution in [2.45, 2.75) is 6.92 Å². The minimum Gasteiger partial charge on any atom is -0.494 e. The van der Waals surface area contributed by atoms with E-state index in [2.05, 4.69) is 20.5 Å². The van der Waals surface area contributed by atoms with Gasteiger partial charge in [-0.1, -0.05) is 11.8 Å². The van der Waals surface area contributed by atoms with Gasteiger partial charge in [-0.3, -0.25) is 19.5 Å². The first-order valence-corrected chi connectivity index (χ1v) is 9.10. The van der Waals surface area contributed by atoms with Crippen LogP contribution >= 0.6 is 11.8 Å². The lowest BCUT2D eigenvalue weighted by molar-refractivity contribution is -0.123. The zero-order valence-electron chi connectivity index (χ0n) is 14.5. The second kappa shape index (κ2) is 8.99. The van der Waals surface area contributed by atoms with Crippen molar-refractivity contribution in [1.82, 2.24) is 15.4 Å². The number of anilines is 1. The van der Waals surface area contributed by atoms with E-state index in [0.29, 0.717) is 23.2 Å². The minimum atomic E-state index is -0.472. The predicted octanol–water partition coefficient (Wildman–Crippen LogP) is 1.42. The Labute approximate surface area is 159 Å². The van der Waals surface area contributed by atoms with Gasteiger partial charge >= 0.3 is 0 Å². The summed E-state index contributed by atoms with van der Waals surface area (Å²) in [6.07, 6.45) is 4.37. The number of nitrogens with one attached hydrogen (secondary N) is 1. The average Bonchev–Trinajstić information content (AvgIpc) is 3.07. The number of amidine groups is 1. The minimum absolute atomic E-state index is 0.118. The molecule has 1 aromatic heterocycles. The second-order valence-electron chi connectivity index (χ2n) is 5.21. The van der Waals surface area contributed by atoms with Crippen LogP contribution in [0.25, 0.3) is 0 Å². The molecular formula is C17H17N5O4S. The number of benzene rings is 1. The predicted molar refractivity (Wildman–Crippen MR) is 101 cm³/mol. The van der Waals surface area contributed by atoms with E-state index in [1.54, 1.807) is 24.3 Å². The number of carbonyl (C=O) groups excluding carboxylic acids is 2. The fourth-order valence-corrected chi connectivity index (χ4v) is 3.03. The molecule has 1 fully saturated rings. The van der Waals surface area contributed by atoms with Crippen molar-refractivity contribution >= 4 is 34.4 Å². The van der Waals surface area contributed by atoms with Crippen LogP contribution in [-0.4, -0.2) is 45.9 Å². The third-order valence-electron chi connectivity index (χ3n) is 3.34. The summed E-state index contributed by atoms with van der Waals surface area (Å²) in [7, 11) is 0. The summed E-state index contributed by atoms with van der Waals surface area (Å²) in [6.45, 7) is 2.19. The fraction of sp³-hybridized carbons (Fsp3) is 0.235. The molecule has 1 saturated heterocycles. The van der Waals surface area contributed by atoms with Crippen LogP contribution in [0.2, 0.25) is 0 Å². The molecule has 2 heterocycles. The van der Waals surface area contributed by atoms with Crippen molar-refractivity contribution in [2.24, 2.45) is 5.10 Å². The molecule has 0 unspecified atom stereocenters. The molecule has 27 heavy (non-hydrogen) atoms. The van der Waals surface area contributed by atoms with Gasteiger partial charge in [0.2, 0.25) is 11.8 Å². The highest BCUT2D eigenvalue weighted by atomic mass is 32.2. The molecule has 0 spiro atoms. The van der Waals surface area contributed by atoms with Crippen LogP contribution in [-0.2, 0) is 9.59 Å². The Balaban J connectivity index is 1.62. The number of aromatic nitrogens is 2. The van der Waals surface area contributed by atoms with Crippen molar-refractivity contribution < 1.29 is 19.1 Å². The maximum Gasteiger partial charge on any atom is 0.278 e. The molecule has 0 atom stereocenters. The first-order valence-electron chi connectivity index (χ1n) is 8.11. The standard InChI is InChI=1S/C17H17N5O4S/c1-2-25-13-5-3-12(4-6-13)22-16(24)11-27-17(22)21-20-14(23)10-26-15-9-18-7-8-19-15/h3-9H,2,10-11H2,1H3,(H,20,23)/b21-17+. The van der Waals surface area contributed by atoms with Gasteiger partial charge in [-0.05, 0) is 31.2 Å². The quantitative estimate of drug-likeness (QED) is 0.716. The first-order chi connectivity index (χ1) is 13.2. The van der Waals surface area contributed by atoms with Crippen LogP contribution in [0.1, 0.15) is 6.92 Å². The molecule has 0 radical (unpaired) electrons. The van der Waals surface area contributed by atoms with Crippen LogP contribution in [0, 0.1) is 0 Å². The number of hydrogen-bond acceptors (Lipinski definition) is 8. The molecule has 0 bridgehead atoms. The number of nitrogens with zero attached hydrogens (tertiary/aromatic N) is 4. The monoisotopic (exact) mass is 387 g/mol. The first kappa shape index (κ1) is 18.6.